The van der Waals surface area contributed by atoms with Gasteiger partial charge in [-0.05, 0) is 63.1 Å². The summed E-state index contributed by atoms with van der Waals surface area (Å²) in [6, 6.07) is 31.4. The zero-order chi connectivity index (χ0) is 37.8. The van der Waals surface area contributed by atoms with E-state index in [1.807, 2.05) is 74.5 Å². The summed E-state index contributed by atoms with van der Waals surface area (Å²) in [5, 5.41) is 3.04. The van der Waals surface area contributed by atoms with Crippen molar-refractivity contribution in [2.75, 3.05) is 7.05 Å². The molecule has 1 heterocycles. The molecule has 272 valence electrons. The van der Waals surface area contributed by atoms with Gasteiger partial charge in [-0.25, -0.2) is 8.51 Å². The number of nitrogens with zero attached hydrogens (tertiary/aromatic N) is 1. The Kier molecular flexibility index (Phi) is 10.0. The Bertz CT molecular complexity index is 2040. The Labute approximate surface area is 304 Å². The Morgan fingerprint density at radius 3 is 1.63 bits per heavy atom. The topological polar surface area (TPSA) is 29.5 Å². The lowest BCUT2D eigenvalue weighted by Gasteiger charge is -2.40. The van der Waals surface area contributed by atoms with Crippen molar-refractivity contribution in [2.24, 2.45) is 0 Å². The molecular formula is C41H38F6NO2PS. The lowest BCUT2D eigenvalue weighted by atomic mass is 9.74. The molecule has 0 bridgehead atoms. The third-order valence-corrected chi connectivity index (χ3v) is 13.5. The highest BCUT2D eigenvalue weighted by atomic mass is 32.2. The Hall–Kier alpha value is -3.98. The first kappa shape index (κ1) is 37.8. The van der Waals surface area contributed by atoms with E-state index in [9.17, 15) is 30.6 Å². The largest absolute Gasteiger partial charge is 0.456 e. The van der Waals surface area contributed by atoms with Gasteiger partial charge in [0.2, 0.25) is 0 Å². The summed E-state index contributed by atoms with van der Waals surface area (Å²) in [4.78, 5) is 0. The number of fused-ring (bicyclic) bond motifs is 2. The Morgan fingerprint density at radius 2 is 1.15 bits per heavy atom. The van der Waals surface area contributed by atoms with Crippen molar-refractivity contribution in [1.82, 2.24) is 4.31 Å². The lowest BCUT2D eigenvalue weighted by molar-refractivity contribution is -0.143. The van der Waals surface area contributed by atoms with E-state index >= 15 is 0 Å². The van der Waals surface area contributed by atoms with Crippen molar-refractivity contribution in [2.45, 2.75) is 63.2 Å². The second kappa shape index (κ2) is 13.8. The number of benzene rings is 5. The minimum absolute atomic E-state index is 0.110. The molecule has 0 radical (unpaired) electrons. The molecule has 2 atom stereocenters. The average Bonchev–Trinajstić information content (AvgIpc) is 3.08. The van der Waals surface area contributed by atoms with Crippen molar-refractivity contribution >= 4 is 34.8 Å². The van der Waals surface area contributed by atoms with Crippen LogP contribution in [0.1, 0.15) is 74.0 Å². The maximum Gasteiger partial charge on any atom is 0.416 e. The first-order chi connectivity index (χ1) is 24.3. The Balaban J connectivity index is 1.63. The van der Waals surface area contributed by atoms with Gasteiger partial charge in [-0.2, -0.15) is 26.3 Å². The maximum atomic E-state index is 14.2. The second-order valence-corrected chi connectivity index (χ2v) is 18.7. The van der Waals surface area contributed by atoms with Gasteiger partial charge < -0.3 is 4.74 Å². The van der Waals surface area contributed by atoms with Gasteiger partial charge in [0.25, 0.3) is 0 Å². The predicted molar refractivity (Wildman–Crippen MR) is 198 cm³/mol. The zero-order valence-electron chi connectivity index (χ0n) is 29.4. The zero-order valence-corrected chi connectivity index (χ0v) is 31.1. The molecule has 11 heteroatoms. The van der Waals surface area contributed by atoms with E-state index in [1.54, 1.807) is 32.9 Å². The van der Waals surface area contributed by atoms with E-state index in [2.05, 4.69) is 24.3 Å². The van der Waals surface area contributed by atoms with Gasteiger partial charge in [-0.3, -0.25) is 0 Å². The van der Waals surface area contributed by atoms with Crippen LogP contribution < -0.4 is 20.7 Å². The van der Waals surface area contributed by atoms with Crippen molar-refractivity contribution in [1.29, 1.82) is 0 Å². The van der Waals surface area contributed by atoms with Crippen LogP contribution >= 0.6 is 7.92 Å². The summed E-state index contributed by atoms with van der Waals surface area (Å²) in [5.41, 5.74) is -2.05. The minimum atomic E-state index is -5.07. The quantitative estimate of drug-likeness (QED) is 0.122. The van der Waals surface area contributed by atoms with E-state index in [0.29, 0.717) is 34.8 Å². The van der Waals surface area contributed by atoms with Gasteiger partial charge >= 0.3 is 12.4 Å². The molecule has 0 aromatic heterocycles. The van der Waals surface area contributed by atoms with E-state index < -0.39 is 58.6 Å². The van der Waals surface area contributed by atoms with Crippen molar-refractivity contribution in [3.05, 3.63) is 149 Å². The van der Waals surface area contributed by atoms with Crippen LogP contribution in [0.4, 0.5) is 26.3 Å². The highest BCUT2D eigenvalue weighted by Crippen LogP contribution is 2.53. The van der Waals surface area contributed by atoms with E-state index in [4.69, 9.17) is 4.74 Å². The molecule has 1 aliphatic rings. The minimum Gasteiger partial charge on any atom is -0.456 e. The molecule has 0 N–H and O–H groups in total. The molecule has 0 fully saturated rings. The van der Waals surface area contributed by atoms with Gasteiger partial charge in [-0.1, -0.05) is 111 Å². The van der Waals surface area contributed by atoms with Crippen molar-refractivity contribution in [3.63, 3.8) is 0 Å². The number of alkyl halides is 6. The number of hydrogen-bond donors (Lipinski definition) is 0. The molecule has 6 rings (SSSR count). The Morgan fingerprint density at radius 1 is 0.673 bits per heavy atom. The highest BCUT2D eigenvalue weighted by molar-refractivity contribution is 7.84. The first-order valence-electron chi connectivity index (χ1n) is 16.6. The normalized spacial score (nSPS) is 15.5. The maximum absolute atomic E-state index is 14.2. The number of ether oxygens (including phenoxy) is 1. The van der Waals surface area contributed by atoms with E-state index in [0.717, 1.165) is 21.5 Å². The molecule has 1 aliphatic heterocycles. The molecular weight excluding hydrogens is 715 g/mol. The third-order valence-electron chi connectivity index (χ3n) is 9.23. The number of hydrogen-bond acceptors (Lipinski definition) is 2. The van der Waals surface area contributed by atoms with Crippen LogP contribution in [-0.2, 0) is 28.8 Å². The molecule has 52 heavy (non-hydrogen) atoms. The van der Waals surface area contributed by atoms with Gasteiger partial charge in [0, 0.05) is 34.5 Å². The van der Waals surface area contributed by atoms with Crippen molar-refractivity contribution in [3.8, 4) is 11.5 Å². The van der Waals surface area contributed by atoms with E-state index in [-0.39, 0.29) is 11.6 Å². The van der Waals surface area contributed by atoms with Gasteiger partial charge in [0.15, 0.2) is 0 Å². The van der Waals surface area contributed by atoms with Crippen LogP contribution in [0.2, 0.25) is 0 Å². The molecule has 0 spiro atoms. The molecule has 5 aromatic carbocycles. The fourth-order valence-corrected chi connectivity index (χ4v) is 10.4. The summed E-state index contributed by atoms with van der Waals surface area (Å²) < 4.78 is 107. The smallest absolute Gasteiger partial charge is 0.416 e. The average molecular weight is 754 g/mol. The fourth-order valence-electron chi connectivity index (χ4n) is 6.76. The molecule has 0 saturated carbocycles. The standard InChI is InChI=1S/C41H38F6NO2PS/c1-38(2,3)52(49)48(6)35(26-23-27(40(42,43)44)25-28(24-26)41(45,46)47)31-19-13-20-32-36(31)50-37-33(39(32,4)5)21-14-22-34(37)51(29-15-9-7-10-16-29)30-17-11-8-12-18-30/h7-25,35H,1-6H3/t35-,52?/m1/s1. The van der Waals surface area contributed by atoms with Gasteiger partial charge in [0.1, 0.15) is 22.5 Å². The number of para-hydroxylation sites is 2. The summed E-state index contributed by atoms with van der Waals surface area (Å²) >= 11 is 0. The fraction of sp³-hybridized carbons (Fsp3) is 0.268. The van der Waals surface area contributed by atoms with Crippen LogP contribution in [-0.4, -0.2) is 20.3 Å². The van der Waals surface area contributed by atoms with Crippen LogP contribution in [0.15, 0.2) is 115 Å². The molecule has 3 nitrogen and oxygen atoms in total. The van der Waals surface area contributed by atoms with E-state index in [1.165, 1.54) is 11.4 Å². The molecule has 1 unspecified atom stereocenters. The molecule has 0 saturated heterocycles. The molecule has 0 amide bonds. The summed E-state index contributed by atoms with van der Waals surface area (Å²) in [7, 11) is -1.59. The van der Waals surface area contributed by atoms with Crippen molar-refractivity contribution < 1.29 is 35.3 Å². The number of rotatable bonds is 7. The highest BCUT2D eigenvalue weighted by Gasteiger charge is 2.43. The summed E-state index contributed by atoms with van der Waals surface area (Å²) in [5.74, 6) is 0.877. The van der Waals surface area contributed by atoms with Gasteiger partial charge in [-0.15, -0.1) is 0 Å². The third kappa shape index (κ3) is 7.17. The summed E-state index contributed by atoms with van der Waals surface area (Å²) in [6.45, 7) is 9.13. The molecule has 0 aliphatic carbocycles. The SMILES string of the molecule is CN([C@H](c1cc(C(F)(F)F)cc(C(F)(F)F)c1)c1cccc2c1Oc1c(P(c3ccccc3)c3ccccc3)cccc1C2(C)C)S(=O)C(C)(C)C. The van der Waals surface area contributed by atoms with Crippen LogP contribution in [0.5, 0.6) is 11.5 Å². The van der Waals surface area contributed by atoms with Crippen LogP contribution in [0, 0.1) is 0 Å². The molecule has 5 aromatic rings. The first-order valence-corrected chi connectivity index (χ1v) is 19.0. The monoisotopic (exact) mass is 753 g/mol. The lowest BCUT2D eigenvalue weighted by Crippen LogP contribution is -2.38. The predicted octanol–water partition coefficient (Wildman–Crippen LogP) is 10.4. The number of halogens is 6. The second-order valence-electron chi connectivity index (χ2n) is 14.3. The van der Waals surface area contributed by atoms with Crippen LogP contribution in [0.3, 0.4) is 0 Å². The van der Waals surface area contributed by atoms with Crippen LogP contribution in [0.25, 0.3) is 0 Å². The van der Waals surface area contributed by atoms with Gasteiger partial charge in [0.05, 0.1) is 21.9 Å². The summed E-state index contributed by atoms with van der Waals surface area (Å²) in [6.07, 6.45) is -10.1.